The number of benzene rings is 2. The molecule has 0 heterocycles. The number of ether oxygens (including phenoxy) is 2. The van der Waals surface area contributed by atoms with Gasteiger partial charge >= 0.3 is 0 Å². The van der Waals surface area contributed by atoms with E-state index in [1.165, 1.54) is 4.90 Å². The largest absolute Gasteiger partial charge is 0.497 e. The van der Waals surface area contributed by atoms with Crippen LogP contribution < -0.4 is 9.47 Å². The van der Waals surface area contributed by atoms with Gasteiger partial charge in [-0.05, 0) is 42.2 Å². The fourth-order valence-electron chi connectivity index (χ4n) is 2.26. The van der Waals surface area contributed by atoms with Crippen molar-refractivity contribution >= 4 is 17.7 Å². The summed E-state index contributed by atoms with van der Waals surface area (Å²) in [6, 6.07) is 13.4. The Bertz CT molecular complexity index is 670. The first-order valence-electron chi connectivity index (χ1n) is 7.19. The quantitative estimate of drug-likeness (QED) is 0.757. The van der Waals surface area contributed by atoms with E-state index in [0.717, 1.165) is 5.56 Å². The van der Waals surface area contributed by atoms with Gasteiger partial charge in [-0.2, -0.15) is 0 Å². The summed E-state index contributed by atoms with van der Waals surface area (Å²) in [7, 11) is 4.91. The fraction of sp³-hybridized carbons (Fsp3) is 0.278. The molecule has 0 unspecified atom stereocenters. The van der Waals surface area contributed by atoms with Crippen molar-refractivity contribution in [3.8, 4) is 11.5 Å². The summed E-state index contributed by atoms with van der Waals surface area (Å²) in [6.45, 7) is 0.536. The topological polar surface area (TPSA) is 38.8 Å². The summed E-state index contributed by atoms with van der Waals surface area (Å²) < 4.78 is 10.5. The average Bonchev–Trinajstić information content (AvgIpc) is 2.61. The third-order valence-electron chi connectivity index (χ3n) is 3.56. The molecular weight excluding hydrogens is 310 g/mol. The van der Waals surface area contributed by atoms with Crippen molar-refractivity contribution < 1.29 is 14.3 Å². The third kappa shape index (κ3) is 4.20. The van der Waals surface area contributed by atoms with E-state index in [-0.39, 0.29) is 5.91 Å². The minimum Gasteiger partial charge on any atom is -0.497 e. The Hall–Kier alpha value is -2.14. The average molecular weight is 331 g/mol. The van der Waals surface area contributed by atoms with Crippen molar-refractivity contribution in [3.05, 3.63) is 53.6 Å². The van der Waals surface area contributed by atoms with Gasteiger partial charge in [0.05, 0.1) is 19.8 Å². The molecule has 0 saturated carbocycles. The smallest absolute Gasteiger partial charge is 0.257 e. The highest BCUT2D eigenvalue weighted by Gasteiger charge is 2.18. The van der Waals surface area contributed by atoms with Crippen LogP contribution in [0.25, 0.3) is 0 Å². The Labute approximate surface area is 141 Å². The van der Waals surface area contributed by atoms with Crippen LogP contribution in [0.5, 0.6) is 11.5 Å². The monoisotopic (exact) mass is 331 g/mol. The van der Waals surface area contributed by atoms with Crippen LogP contribution in [0.1, 0.15) is 15.9 Å². The second kappa shape index (κ2) is 7.92. The maximum absolute atomic E-state index is 12.7. The van der Waals surface area contributed by atoms with Gasteiger partial charge in [-0.1, -0.05) is 12.1 Å². The number of thioether (sulfide) groups is 1. The molecule has 0 aliphatic carbocycles. The van der Waals surface area contributed by atoms with E-state index in [9.17, 15) is 4.79 Å². The number of hydrogen-bond acceptors (Lipinski definition) is 4. The lowest BCUT2D eigenvalue weighted by Gasteiger charge is -2.19. The Morgan fingerprint density at radius 1 is 1.09 bits per heavy atom. The lowest BCUT2D eigenvalue weighted by atomic mass is 10.1. The number of nitrogens with zero attached hydrogens (tertiary/aromatic N) is 1. The van der Waals surface area contributed by atoms with E-state index in [0.29, 0.717) is 23.6 Å². The first-order valence-corrected chi connectivity index (χ1v) is 8.42. The lowest BCUT2D eigenvalue weighted by molar-refractivity contribution is 0.0781. The lowest BCUT2D eigenvalue weighted by Crippen LogP contribution is -2.26. The van der Waals surface area contributed by atoms with Crippen LogP contribution >= 0.6 is 11.8 Å². The molecule has 2 rings (SSSR count). The number of rotatable bonds is 6. The van der Waals surface area contributed by atoms with E-state index in [1.807, 2.05) is 18.4 Å². The van der Waals surface area contributed by atoms with Crippen molar-refractivity contribution in [1.29, 1.82) is 0 Å². The molecule has 23 heavy (non-hydrogen) atoms. The van der Waals surface area contributed by atoms with Gasteiger partial charge in [0.15, 0.2) is 0 Å². The maximum atomic E-state index is 12.7. The van der Waals surface area contributed by atoms with Gasteiger partial charge < -0.3 is 14.4 Å². The Morgan fingerprint density at radius 3 is 2.35 bits per heavy atom. The number of carbonyl (C=O) groups excluding carboxylic acids is 1. The number of hydrogen-bond donors (Lipinski definition) is 0. The van der Waals surface area contributed by atoms with Gasteiger partial charge in [0.2, 0.25) is 0 Å². The summed E-state index contributed by atoms with van der Waals surface area (Å²) in [5.41, 5.74) is 1.58. The van der Waals surface area contributed by atoms with Gasteiger partial charge in [-0.3, -0.25) is 4.79 Å². The van der Waals surface area contributed by atoms with Gasteiger partial charge in [0, 0.05) is 18.5 Å². The zero-order valence-electron chi connectivity index (χ0n) is 13.8. The van der Waals surface area contributed by atoms with Gasteiger partial charge in [-0.15, -0.1) is 11.8 Å². The molecule has 0 aliphatic heterocycles. The summed E-state index contributed by atoms with van der Waals surface area (Å²) in [5, 5.41) is 0. The molecule has 0 atom stereocenters. The molecule has 1 amide bonds. The zero-order valence-corrected chi connectivity index (χ0v) is 14.6. The van der Waals surface area contributed by atoms with E-state index < -0.39 is 0 Å². The minimum absolute atomic E-state index is 0.102. The number of amides is 1. The van der Waals surface area contributed by atoms with Crippen LogP contribution in [0.15, 0.2) is 47.4 Å². The van der Waals surface area contributed by atoms with Crippen LogP contribution in [0.4, 0.5) is 0 Å². The molecule has 2 aromatic rings. The Kier molecular flexibility index (Phi) is 5.93. The molecule has 122 valence electrons. The fourth-order valence-corrected chi connectivity index (χ4v) is 2.67. The molecule has 0 fully saturated rings. The van der Waals surface area contributed by atoms with Gasteiger partial charge in [0.25, 0.3) is 5.91 Å². The first kappa shape index (κ1) is 17.2. The normalized spacial score (nSPS) is 10.3. The van der Waals surface area contributed by atoms with E-state index in [4.69, 9.17) is 9.47 Å². The van der Waals surface area contributed by atoms with Crippen LogP contribution in [-0.4, -0.2) is 38.3 Å². The second-order valence-electron chi connectivity index (χ2n) is 5.08. The summed E-state index contributed by atoms with van der Waals surface area (Å²) in [5.74, 6) is 1.07. The highest BCUT2D eigenvalue weighted by atomic mass is 32.2. The van der Waals surface area contributed by atoms with Crippen molar-refractivity contribution in [2.24, 2.45) is 0 Å². The second-order valence-corrected chi connectivity index (χ2v) is 5.96. The van der Waals surface area contributed by atoms with Gasteiger partial charge in [0.1, 0.15) is 11.5 Å². The van der Waals surface area contributed by atoms with Crippen LogP contribution in [0.2, 0.25) is 0 Å². The standard InChI is InChI=1S/C18H21NO3S/c1-19(12-13-5-8-15(23-4)9-6-13)18(20)16-11-14(21-2)7-10-17(16)22-3/h5-11H,12H2,1-4H3. The summed E-state index contributed by atoms with van der Waals surface area (Å²) in [4.78, 5) is 15.6. The molecule has 0 N–H and O–H groups in total. The minimum atomic E-state index is -0.102. The molecule has 0 radical (unpaired) electrons. The van der Waals surface area contributed by atoms with E-state index >= 15 is 0 Å². The number of carbonyl (C=O) groups is 1. The number of methoxy groups -OCH3 is 2. The van der Waals surface area contributed by atoms with Crippen molar-refractivity contribution in [3.63, 3.8) is 0 Å². The SMILES string of the molecule is COc1ccc(OC)c(C(=O)N(C)Cc2ccc(SC)cc2)c1. The summed E-state index contributed by atoms with van der Waals surface area (Å²) >= 11 is 1.70. The van der Waals surface area contributed by atoms with Crippen LogP contribution in [0, 0.1) is 0 Å². The molecule has 0 aromatic heterocycles. The van der Waals surface area contributed by atoms with Crippen molar-refractivity contribution in [2.75, 3.05) is 27.5 Å². The van der Waals surface area contributed by atoms with Crippen molar-refractivity contribution in [1.82, 2.24) is 4.90 Å². The Morgan fingerprint density at radius 2 is 1.78 bits per heavy atom. The highest BCUT2D eigenvalue weighted by molar-refractivity contribution is 7.98. The van der Waals surface area contributed by atoms with E-state index in [2.05, 4.69) is 12.1 Å². The van der Waals surface area contributed by atoms with E-state index in [1.54, 1.807) is 56.1 Å². The predicted octanol–water partition coefficient (Wildman–Crippen LogP) is 3.70. The molecule has 4 nitrogen and oxygen atoms in total. The zero-order chi connectivity index (χ0) is 16.8. The molecule has 5 heteroatoms. The van der Waals surface area contributed by atoms with Crippen molar-refractivity contribution in [2.45, 2.75) is 11.4 Å². The molecule has 2 aromatic carbocycles. The highest BCUT2D eigenvalue weighted by Crippen LogP contribution is 2.25. The predicted molar refractivity (Wildman–Crippen MR) is 93.6 cm³/mol. The molecule has 0 saturated heterocycles. The Balaban J connectivity index is 2.18. The van der Waals surface area contributed by atoms with Gasteiger partial charge in [-0.25, -0.2) is 0 Å². The van der Waals surface area contributed by atoms with Crippen LogP contribution in [0.3, 0.4) is 0 Å². The molecular formula is C18H21NO3S. The third-order valence-corrected chi connectivity index (χ3v) is 4.31. The maximum Gasteiger partial charge on any atom is 0.257 e. The van der Waals surface area contributed by atoms with Crippen LogP contribution in [-0.2, 0) is 6.54 Å². The molecule has 0 aliphatic rings. The molecule has 0 bridgehead atoms. The molecule has 0 spiro atoms. The summed E-state index contributed by atoms with van der Waals surface area (Å²) in [6.07, 6.45) is 2.04. The first-order chi connectivity index (χ1) is 11.1.